The second-order valence-corrected chi connectivity index (χ2v) is 10.4. The first-order chi connectivity index (χ1) is 20.7. The molecule has 0 aliphatic heterocycles. The monoisotopic (exact) mass is 582 g/mol. The van der Waals surface area contributed by atoms with Gasteiger partial charge in [-0.15, -0.1) is 0 Å². The maximum Gasteiger partial charge on any atom is 0.326 e. The number of hydrogen-bond donors (Lipinski definition) is 2. The molecule has 0 unspecified atom stereocenters. The van der Waals surface area contributed by atoms with Gasteiger partial charge >= 0.3 is 5.97 Å². The molecule has 1 amide bonds. The minimum Gasteiger partial charge on any atom is -0.494 e. The Hall–Kier alpha value is -4.98. The number of benzene rings is 4. The number of rotatable bonds is 14. The molecule has 0 aliphatic carbocycles. The van der Waals surface area contributed by atoms with Gasteiger partial charge in [0.25, 0.3) is 0 Å². The van der Waals surface area contributed by atoms with Gasteiger partial charge in [0.15, 0.2) is 5.78 Å². The number of carbonyl (C=O) groups is 3. The highest BCUT2D eigenvalue weighted by atomic mass is 19.1. The second-order valence-electron chi connectivity index (χ2n) is 10.4. The van der Waals surface area contributed by atoms with E-state index in [1.165, 1.54) is 12.1 Å². The van der Waals surface area contributed by atoms with Gasteiger partial charge in [0, 0.05) is 41.4 Å². The Bertz CT molecular complexity index is 1520. The van der Waals surface area contributed by atoms with Crippen molar-refractivity contribution in [2.45, 2.75) is 32.7 Å². The van der Waals surface area contributed by atoms with Crippen LogP contribution in [-0.4, -0.2) is 42.0 Å². The van der Waals surface area contributed by atoms with Crippen molar-refractivity contribution in [2.75, 3.05) is 23.4 Å². The highest BCUT2D eigenvalue weighted by Crippen LogP contribution is 2.22. The molecule has 0 radical (unpaired) electrons. The Kier molecular flexibility index (Phi) is 10.6. The van der Waals surface area contributed by atoms with E-state index in [-0.39, 0.29) is 29.8 Å². The Morgan fingerprint density at radius 2 is 1.51 bits per heavy atom. The van der Waals surface area contributed by atoms with Gasteiger partial charge < -0.3 is 20.1 Å². The van der Waals surface area contributed by atoms with E-state index < -0.39 is 12.0 Å². The Morgan fingerprint density at radius 1 is 0.860 bits per heavy atom. The number of nitrogens with zero attached hydrogens (tertiary/aromatic N) is 1. The van der Waals surface area contributed by atoms with Crippen LogP contribution in [-0.2, 0) is 16.0 Å². The SMILES string of the molecule is CC(C)C(=O)N(CCCOc1ccc(C[C@H](Nc2ccccc2C(=O)c2ccccc2)C(=O)O)cc1)c1ccc(F)cc1. The zero-order chi connectivity index (χ0) is 30.8. The maximum absolute atomic E-state index is 13.4. The van der Waals surface area contributed by atoms with E-state index in [0.29, 0.717) is 47.8 Å². The molecule has 4 rings (SSSR count). The lowest BCUT2D eigenvalue weighted by Crippen LogP contribution is -2.35. The number of carbonyl (C=O) groups excluding carboxylic acids is 2. The van der Waals surface area contributed by atoms with Gasteiger partial charge in [0.05, 0.1) is 6.61 Å². The second kappa shape index (κ2) is 14.8. The predicted octanol–water partition coefficient (Wildman–Crippen LogP) is 6.62. The number of ketones is 1. The lowest BCUT2D eigenvalue weighted by molar-refractivity contribution is -0.137. The van der Waals surface area contributed by atoms with Crippen molar-refractivity contribution < 1.29 is 28.6 Å². The fourth-order valence-electron chi connectivity index (χ4n) is 4.61. The summed E-state index contributed by atoms with van der Waals surface area (Å²) < 4.78 is 19.2. The molecule has 0 heterocycles. The summed E-state index contributed by atoms with van der Waals surface area (Å²) in [5.41, 5.74) is 2.79. The zero-order valence-corrected chi connectivity index (χ0v) is 24.2. The number of anilines is 2. The molecule has 7 nitrogen and oxygen atoms in total. The van der Waals surface area contributed by atoms with Crippen LogP contribution in [0.4, 0.5) is 15.8 Å². The molecule has 0 spiro atoms. The normalized spacial score (nSPS) is 11.5. The van der Waals surface area contributed by atoms with Gasteiger partial charge in [0.1, 0.15) is 17.6 Å². The lowest BCUT2D eigenvalue weighted by atomic mass is 10.00. The number of carboxylic acid groups (broad SMARTS) is 1. The highest BCUT2D eigenvalue weighted by molar-refractivity contribution is 6.12. The van der Waals surface area contributed by atoms with Crippen molar-refractivity contribution in [1.29, 1.82) is 0 Å². The van der Waals surface area contributed by atoms with Crippen LogP contribution in [0.2, 0.25) is 0 Å². The average Bonchev–Trinajstić information content (AvgIpc) is 3.02. The number of ether oxygens (including phenoxy) is 1. The number of carboxylic acids is 1. The quantitative estimate of drug-likeness (QED) is 0.128. The zero-order valence-electron chi connectivity index (χ0n) is 24.2. The van der Waals surface area contributed by atoms with Gasteiger partial charge in [-0.2, -0.15) is 0 Å². The van der Waals surface area contributed by atoms with Crippen LogP contribution in [0, 0.1) is 11.7 Å². The lowest BCUT2D eigenvalue weighted by Gasteiger charge is -2.25. The van der Waals surface area contributed by atoms with Crippen LogP contribution in [0.25, 0.3) is 0 Å². The topological polar surface area (TPSA) is 95.9 Å². The maximum atomic E-state index is 13.4. The number of hydrogen-bond acceptors (Lipinski definition) is 5. The summed E-state index contributed by atoms with van der Waals surface area (Å²) in [6.07, 6.45) is 0.747. The molecule has 0 bridgehead atoms. The van der Waals surface area contributed by atoms with E-state index >= 15 is 0 Å². The van der Waals surface area contributed by atoms with E-state index in [0.717, 1.165) is 5.56 Å². The third kappa shape index (κ3) is 8.52. The fraction of sp³-hybridized carbons (Fsp3) is 0.229. The summed E-state index contributed by atoms with van der Waals surface area (Å²) in [5, 5.41) is 13.0. The van der Waals surface area contributed by atoms with E-state index in [1.54, 1.807) is 89.8 Å². The first kappa shape index (κ1) is 31.0. The summed E-state index contributed by atoms with van der Waals surface area (Å²) in [6.45, 7) is 4.42. The van der Waals surface area contributed by atoms with Crippen molar-refractivity contribution in [3.05, 3.63) is 126 Å². The van der Waals surface area contributed by atoms with Gasteiger partial charge in [0.2, 0.25) is 5.91 Å². The van der Waals surface area contributed by atoms with Crippen LogP contribution >= 0.6 is 0 Å². The molecule has 222 valence electrons. The van der Waals surface area contributed by atoms with Crippen LogP contribution in [0.1, 0.15) is 41.8 Å². The van der Waals surface area contributed by atoms with Crippen molar-refractivity contribution in [1.82, 2.24) is 0 Å². The van der Waals surface area contributed by atoms with Crippen molar-refractivity contribution in [3.63, 3.8) is 0 Å². The number of aliphatic carboxylic acids is 1. The Balaban J connectivity index is 1.34. The van der Waals surface area contributed by atoms with Crippen molar-refractivity contribution >= 4 is 29.0 Å². The van der Waals surface area contributed by atoms with Gasteiger partial charge in [-0.1, -0.05) is 68.4 Å². The number of nitrogens with one attached hydrogen (secondary N) is 1. The minimum absolute atomic E-state index is 0.0513. The van der Waals surface area contributed by atoms with Gasteiger partial charge in [-0.3, -0.25) is 9.59 Å². The van der Waals surface area contributed by atoms with E-state index in [1.807, 2.05) is 19.9 Å². The first-order valence-electron chi connectivity index (χ1n) is 14.2. The van der Waals surface area contributed by atoms with Gasteiger partial charge in [-0.25, -0.2) is 9.18 Å². The average molecular weight is 583 g/mol. The standard InChI is InChI=1S/C35H35FN2O5/c1-24(2)34(40)38(28-17-15-27(36)16-18-28)21-8-22-43-29-19-13-25(14-20-29)23-32(35(41)42)37-31-12-7-6-11-30(31)33(39)26-9-4-3-5-10-26/h3-7,9-20,24,32,37H,8,21-23H2,1-2H3,(H,41,42)/t32-/m0/s1. The molecule has 4 aromatic carbocycles. The van der Waals surface area contributed by atoms with Crippen LogP contribution < -0.4 is 15.0 Å². The summed E-state index contributed by atoms with van der Waals surface area (Å²) >= 11 is 0. The molecule has 0 saturated heterocycles. The third-order valence-corrected chi connectivity index (χ3v) is 6.89. The van der Waals surface area contributed by atoms with Crippen molar-refractivity contribution in [3.8, 4) is 5.75 Å². The molecule has 0 aromatic heterocycles. The van der Waals surface area contributed by atoms with Crippen molar-refractivity contribution in [2.24, 2.45) is 5.92 Å². The highest BCUT2D eigenvalue weighted by Gasteiger charge is 2.22. The molecule has 0 aliphatic rings. The molecule has 8 heteroatoms. The third-order valence-electron chi connectivity index (χ3n) is 6.89. The fourth-order valence-corrected chi connectivity index (χ4v) is 4.61. The number of para-hydroxylation sites is 1. The summed E-state index contributed by atoms with van der Waals surface area (Å²) in [6, 6.07) is 27.8. The van der Waals surface area contributed by atoms with E-state index in [9.17, 15) is 23.9 Å². The predicted molar refractivity (Wildman–Crippen MR) is 165 cm³/mol. The molecule has 0 fully saturated rings. The molecular formula is C35H35FN2O5. The molecule has 1 atom stereocenters. The van der Waals surface area contributed by atoms with Crippen LogP contribution in [0.15, 0.2) is 103 Å². The van der Waals surface area contributed by atoms with Crippen LogP contribution in [0.3, 0.4) is 0 Å². The molecule has 4 aromatic rings. The largest absolute Gasteiger partial charge is 0.494 e. The summed E-state index contributed by atoms with van der Waals surface area (Å²) in [4.78, 5) is 39.6. The Labute approximate surface area is 250 Å². The van der Waals surface area contributed by atoms with E-state index in [2.05, 4.69) is 5.32 Å². The molecule has 0 saturated carbocycles. The van der Waals surface area contributed by atoms with Gasteiger partial charge in [-0.05, 0) is 60.5 Å². The first-order valence-corrected chi connectivity index (χ1v) is 14.2. The Morgan fingerprint density at radius 3 is 2.16 bits per heavy atom. The summed E-state index contributed by atoms with van der Waals surface area (Å²) in [5.74, 6) is -1.23. The number of halogens is 1. The minimum atomic E-state index is -1.04. The van der Waals surface area contributed by atoms with E-state index in [4.69, 9.17) is 4.74 Å². The van der Waals surface area contributed by atoms with Crippen LogP contribution in [0.5, 0.6) is 5.75 Å². The molecule has 2 N–H and O–H groups in total. The molecular weight excluding hydrogens is 547 g/mol. The summed E-state index contributed by atoms with van der Waals surface area (Å²) in [7, 11) is 0. The smallest absolute Gasteiger partial charge is 0.326 e. The number of amides is 1. The molecule has 43 heavy (non-hydrogen) atoms.